The standard InChI is InChI=1S/C23H21N5O3S/c29-22(17-9-11-26(12-10-17)20-3-1-2-4-21(20)28(30)31)24-18-7-5-16(6-8-18)19-15-27-13-14-32-23(27)25-19/h1-8,13-15,17H,9-12H2,(H,24,29). The van der Waals surface area contributed by atoms with Crippen LogP contribution in [0.4, 0.5) is 17.1 Å². The smallest absolute Gasteiger partial charge is 0.292 e. The van der Waals surface area contributed by atoms with E-state index in [1.165, 1.54) is 6.07 Å². The van der Waals surface area contributed by atoms with Gasteiger partial charge in [-0.2, -0.15) is 0 Å². The van der Waals surface area contributed by atoms with Gasteiger partial charge >= 0.3 is 0 Å². The Morgan fingerprint density at radius 1 is 1.12 bits per heavy atom. The molecule has 0 atom stereocenters. The molecule has 5 rings (SSSR count). The Balaban J connectivity index is 1.20. The number of nitrogens with zero attached hydrogens (tertiary/aromatic N) is 4. The van der Waals surface area contributed by atoms with Gasteiger partial charge in [-0.3, -0.25) is 19.3 Å². The van der Waals surface area contributed by atoms with Crippen LogP contribution in [0.1, 0.15) is 12.8 Å². The number of amides is 1. The Kier molecular flexibility index (Phi) is 5.32. The van der Waals surface area contributed by atoms with Crippen molar-refractivity contribution in [2.75, 3.05) is 23.3 Å². The summed E-state index contributed by atoms with van der Waals surface area (Å²) >= 11 is 1.59. The van der Waals surface area contributed by atoms with Crippen molar-refractivity contribution < 1.29 is 9.72 Å². The number of rotatable bonds is 5. The summed E-state index contributed by atoms with van der Waals surface area (Å²) in [5.41, 5.74) is 3.37. The van der Waals surface area contributed by atoms with Crippen molar-refractivity contribution in [3.05, 3.63) is 76.4 Å². The molecule has 2 aromatic carbocycles. The second-order valence-electron chi connectivity index (χ2n) is 7.79. The Bertz CT molecular complexity index is 1240. The molecule has 32 heavy (non-hydrogen) atoms. The molecule has 1 N–H and O–H groups in total. The van der Waals surface area contributed by atoms with Crippen molar-refractivity contribution >= 4 is 39.3 Å². The highest BCUT2D eigenvalue weighted by Gasteiger charge is 2.28. The van der Waals surface area contributed by atoms with Gasteiger partial charge in [-0.1, -0.05) is 24.3 Å². The Morgan fingerprint density at radius 2 is 1.88 bits per heavy atom. The summed E-state index contributed by atoms with van der Waals surface area (Å²) in [5.74, 6) is -0.129. The Hall–Kier alpha value is -3.72. The first-order chi connectivity index (χ1) is 15.6. The molecule has 9 heteroatoms. The molecule has 8 nitrogen and oxygen atoms in total. The number of imidazole rings is 1. The van der Waals surface area contributed by atoms with E-state index in [4.69, 9.17) is 0 Å². The number of carbonyl (C=O) groups excluding carboxylic acids is 1. The van der Waals surface area contributed by atoms with Gasteiger partial charge in [0, 0.05) is 54.1 Å². The first kappa shape index (κ1) is 20.2. The van der Waals surface area contributed by atoms with E-state index in [0.717, 1.165) is 21.9 Å². The van der Waals surface area contributed by atoms with Gasteiger partial charge in [0.2, 0.25) is 5.91 Å². The topological polar surface area (TPSA) is 92.8 Å². The lowest BCUT2D eigenvalue weighted by Gasteiger charge is -2.32. The summed E-state index contributed by atoms with van der Waals surface area (Å²) in [5, 5.41) is 16.3. The minimum Gasteiger partial charge on any atom is -0.366 e. The maximum Gasteiger partial charge on any atom is 0.292 e. The molecular weight excluding hydrogens is 426 g/mol. The van der Waals surface area contributed by atoms with Crippen LogP contribution in [0.2, 0.25) is 0 Å². The van der Waals surface area contributed by atoms with Crippen molar-refractivity contribution in [2.24, 2.45) is 5.92 Å². The fourth-order valence-corrected chi connectivity index (χ4v) is 4.80. The average Bonchev–Trinajstić information content (AvgIpc) is 3.42. The molecule has 0 saturated carbocycles. The summed E-state index contributed by atoms with van der Waals surface area (Å²) in [7, 11) is 0. The summed E-state index contributed by atoms with van der Waals surface area (Å²) in [6.45, 7) is 1.22. The Labute approximate surface area is 188 Å². The van der Waals surface area contributed by atoms with Crippen LogP contribution in [0.3, 0.4) is 0 Å². The van der Waals surface area contributed by atoms with Crippen molar-refractivity contribution in [3.8, 4) is 11.3 Å². The number of thiazole rings is 1. The summed E-state index contributed by atoms with van der Waals surface area (Å²) in [4.78, 5) is 31.3. The normalized spacial score (nSPS) is 14.6. The number of nitrogens with one attached hydrogen (secondary N) is 1. The van der Waals surface area contributed by atoms with Gasteiger partial charge in [0.05, 0.1) is 10.6 Å². The van der Waals surface area contributed by atoms with Crippen molar-refractivity contribution in [3.63, 3.8) is 0 Å². The SMILES string of the molecule is O=C(Nc1ccc(-c2cn3ccsc3n2)cc1)C1CCN(c2ccccc2[N+](=O)[O-])CC1. The van der Waals surface area contributed by atoms with E-state index in [9.17, 15) is 14.9 Å². The lowest BCUT2D eigenvalue weighted by molar-refractivity contribution is -0.384. The molecule has 3 heterocycles. The molecule has 0 aliphatic carbocycles. The van der Waals surface area contributed by atoms with E-state index in [1.807, 2.05) is 51.3 Å². The largest absolute Gasteiger partial charge is 0.366 e. The van der Waals surface area contributed by atoms with Crippen LogP contribution in [-0.4, -0.2) is 33.3 Å². The molecule has 1 aliphatic heterocycles. The van der Waals surface area contributed by atoms with Crippen LogP contribution in [0.5, 0.6) is 0 Å². The predicted octanol–water partition coefficient (Wildman–Crippen LogP) is 4.83. The fourth-order valence-electron chi connectivity index (χ4n) is 4.10. The maximum atomic E-state index is 12.8. The van der Waals surface area contributed by atoms with Gasteiger partial charge in [0.15, 0.2) is 4.96 Å². The summed E-state index contributed by atoms with van der Waals surface area (Å²) < 4.78 is 1.99. The van der Waals surface area contributed by atoms with Crippen LogP contribution >= 0.6 is 11.3 Å². The number of nitro benzene ring substituents is 1. The van der Waals surface area contributed by atoms with Gasteiger partial charge in [0.1, 0.15) is 5.69 Å². The minimum atomic E-state index is -0.356. The zero-order valence-corrected chi connectivity index (χ0v) is 18.0. The van der Waals surface area contributed by atoms with Crippen LogP contribution in [0.25, 0.3) is 16.2 Å². The number of carbonyl (C=O) groups is 1. The van der Waals surface area contributed by atoms with E-state index < -0.39 is 0 Å². The molecule has 1 fully saturated rings. The van der Waals surface area contributed by atoms with Crippen molar-refractivity contribution in [1.29, 1.82) is 0 Å². The van der Waals surface area contributed by atoms with Gasteiger partial charge in [-0.15, -0.1) is 11.3 Å². The molecule has 1 aliphatic rings. The number of hydrogen-bond acceptors (Lipinski definition) is 6. The molecule has 162 valence electrons. The maximum absolute atomic E-state index is 12.8. The third-order valence-corrected chi connectivity index (χ3v) is 6.60. The van der Waals surface area contributed by atoms with Crippen LogP contribution in [0, 0.1) is 16.0 Å². The second kappa shape index (κ2) is 8.43. The number of benzene rings is 2. The van der Waals surface area contributed by atoms with E-state index in [-0.39, 0.29) is 22.4 Å². The molecule has 1 saturated heterocycles. The molecular formula is C23H21N5O3S. The molecule has 0 radical (unpaired) electrons. The monoisotopic (exact) mass is 447 g/mol. The predicted molar refractivity (Wildman–Crippen MR) is 125 cm³/mol. The number of aromatic nitrogens is 2. The molecule has 4 aromatic rings. The van der Waals surface area contributed by atoms with Crippen LogP contribution in [-0.2, 0) is 4.79 Å². The highest BCUT2D eigenvalue weighted by Crippen LogP contribution is 2.31. The number of hydrogen-bond donors (Lipinski definition) is 1. The van der Waals surface area contributed by atoms with E-state index in [2.05, 4.69) is 10.3 Å². The minimum absolute atomic E-state index is 0.0116. The van der Waals surface area contributed by atoms with E-state index in [1.54, 1.807) is 29.5 Å². The number of para-hydroxylation sites is 2. The average molecular weight is 448 g/mol. The molecule has 0 unspecified atom stereocenters. The third-order valence-electron chi connectivity index (χ3n) is 5.83. The van der Waals surface area contributed by atoms with E-state index in [0.29, 0.717) is 31.6 Å². The highest BCUT2D eigenvalue weighted by atomic mass is 32.1. The number of fused-ring (bicyclic) bond motifs is 1. The summed E-state index contributed by atoms with van der Waals surface area (Å²) in [6.07, 6.45) is 5.28. The number of nitro groups is 1. The molecule has 2 aromatic heterocycles. The number of anilines is 2. The molecule has 1 amide bonds. The first-order valence-electron chi connectivity index (χ1n) is 10.4. The zero-order chi connectivity index (χ0) is 22.1. The lowest BCUT2D eigenvalue weighted by Crippen LogP contribution is -2.38. The molecule has 0 bridgehead atoms. The Morgan fingerprint density at radius 3 is 2.59 bits per heavy atom. The van der Waals surface area contributed by atoms with Crippen LogP contribution in [0.15, 0.2) is 66.3 Å². The lowest BCUT2D eigenvalue weighted by atomic mass is 9.95. The van der Waals surface area contributed by atoms with Crippen molar-refractivity contribution in [1.82, 2.24) is 9.38 Å². The van der Waals surface area contributed by atoms with Crippen LogP contribution < -0.4 is 10.2 Å². The van der Waals surface area contributed by atoms with E-state index >= 15 is 0 Å². The van der Waals surface area contributed by atoms with Crippen molar-refractivity contribution in [2.45, 2.75) is 12.8 Å². The van der Waals surface area contributed by atoms with Gasteiger partial charge < -0.3 is 10.2 Å². The number of piperidine rings is 1. The van der Waals surface area contributed by atoms with Gasteiger partial charge in [-0.05, 0) is 31.0 Å². The third kappa shape index (κ3) is 3.94. The molecule has 0 spiro atoms. The highest BCUT2D eigenvalue weighted by molar-refractivity contribution is 7.15. The second-order valence-corrected chi connectivity index (χ2v) is 8.67. The fraction of sp³-hybridized carbons (Fsp3) is 0.217. The summed E-state index contributed by atoms with van der Waals surface area (Å²) in [6, 6.07) is 14.5. The zero-order valence-electron chi connectivity index (χ0n) is 17.2. The quantitative estimate of drug-likeness (QED) is 0.350. The first-order valence-corrected chi connectivity index (χ1v) is 11.3. The van der Waals surface area contributed by atoms with Gasteiger partial charge in [-0.25, -0.2) is 4.98 Å². The van der Waals surface area contributed by atoms with Gasteiger partial charge in [0.25, 0.3) is 5.69 Å².